The fourth-order valence-corrected chi connectivity index (χ4v) is 3.46. The monoisotopic (exact) mass is 504 g/mol. The molecule has 0 aliphatic heterocycles. The van der Waals surface area contributed by atoms with E-state index in [1.807, 2.05) is 48.5 Å². The predicted octanol–water partition coefficient (Wildman–Crippen LogP) is 6.81. The van der Waals surface area contributed by atoms with Crippen molar-refractivity contribution in [1.82, 2.24) is 0 Å². The van der Waals surface area contributed by atoms with Gasteiger partial charge in [0.05, 0.1) is 5.56 Å². The summed E-state index contributed by atoms with van der Waals surface area (Å²) in [5, 5.41) is 0. The average Bonchev–Trinajstić information content (AvgIpc) is 2.94. The summed E-state index contributed by atoms with van der Waals surface area (Å²) in [5.74, 6) is -0.192. The van der Waals surface area contributed by atoms with E-state index in [2.05, 4.69) is 13.2 Å². The fourth-order valence-electron chi connectivity index (χ4n) is 3.46. The molecule has 38 heavy (non-hydrogen) atoms. The molecule has 6 heteroatoms. The quantitative estimate of drug-likeness (QED) is 0.149. The zero-order valence-corrected chi connectivity index (χ0v) is 20.7. The van der Waals surface area contributed by atoms with Crippen LogP contribution >= 0.6 is 0 Å². The van der Waals surface area contributed by atoms with Gasteiger partial charge in [-0.05, 0) is 77.7 Å². The Hall–Kier alpha value is -5.23. The largest absolute Gasteiger partial charge is 0.423 e. The highest BCUT2D eigenvalue weighted by atomic mass is 16.5. The number of ether oxygens (including phenoxy) is 3. The highest BCUT2D eigenvalue weighted by Crippen LogP contribution is 2.26. The van der Waals surface area contributed by atoms with Crippen molar-refractivity contribution in [1.29, 1.82) is 0 Å². The lowest BCUT2D eigenvalue weighted by molar-refractivity contribution is -0.130. The molecule has 0 heterocycles. The molecule has 0 saturated carbocycles. The fraction of sp³-hybridized carbons (Fsp3) is 0.0312. The van der Waals surface area contributed by atoms with Crippen LogP contribution in [0, 0.1) is 0 Å². The van der Waals surface area contributed by atoms with Crippen molar-refractivity contribution in [3.63, 3.8) is 0 Å². The van der Waals surface area contributed by atoms with Gasteiger partial charge >= 0.3 is 17.9 Å². The summed E-state index contributed by atoms with van der Waals surface area (Å²) < 4.78 is 15.8. The van der Waals surface area contributed by atoms with Gasteiger partial charge in [-0.25, -0.2) is 14.4 Å². The molecule has 0 amide bonds. The summed E-state index contributed by atoms with van der Waals surface area (Å²) in [6.45, 7) is 8.53. The zero-order valence-electron chi connectivity index (χ0n) is 20.7. The number of carbonyl (C=O) groups is 3. The Morgan fingerprint density at radius 1 is 0.579 bits per heavy atom. The molecule has 0 spiro atoms. The third-order valence-corrected chi connectivity index (χ3v) is 5.50. The van der Waals surface area contributed by atoms with Crippen LogP contribution in [0.2, 0.25) is 0 Å². The van der Waals surface area contributed by atoms with Crippen LogP contribution in [0.3, 0.4) is 0 Å². The Balaban J connectivity index is 1.36. The lowest BCUT2D eigenvalue weighted by Gasteiger charge is -2.08. The Morgan fingerprint density at radius 3 is 1.34 bits per heavy atom. The minimum Gasteiger partial charge on any atom is -0.423 e. The number of rotatable bonds is 8. The first-order valence-electron chi connectivity index (χ1n) is 11.7. The number of benzene rings is 4. The molecule has 0 aliphatic carbocycles. The summed E-state index contributed by atoms with van der Waals surface area (Å²) in [4.78, 5) is 35.6. The highest BCUT2D eigenvalue weighted by Gasteiger charge is 2.11. The lowest BCUT2D eigenvalue weighted by atomic mass is 10.0. The molecule has 4 rings (SSSR count). The van der Waals surface area contributed by atoms with E-state index in [4.69, 9.17) is 14.2 Å². The molecule has 0 saturated heterocycles. The Bertz CT molecular complexity index is 1480. The van der Waals surface area contributed by atoms with E-state index in [1.54, 1.807) is 55.5 Å². The van der Waals surface area contributed by atoms with Crippen molar-refractivity contribution in [2.24, 2.45) is 0 Å². The molecular formula is C32H24O6. The molecule has 0 bridgehead atoms. The molecule has 0 unspecified atom stereocenters. The van der Waals surface area contributed by atoms with Crippen molar-refractivity contribution >= 4 is 17.9 Å². The number of hydrogen-bond acceptors (Lipinski definition) is 6. The minimum atomic E-state index is -0.518. The van der Waals surface area contributed by atoms with Crippen LogP contribution in [0.1, 0.15) is 17.3 Å². The molecule has 0 radical (unpaired) electrons. The maximum absolute atomic E-state index is 12.6. The second-order valence-corrected chi connectivity index (χ2v) is 8.34. The number of esters is 3. The van der Waals surface area contributed by atoms with Crippen LogP contribution in [0.25, 0.3) is 22.3 Å². The zero-order chi connectivity index (χ0) is 27.1. The predicted molar refractivity (Wildman–Crippen MR) is 145 cm³/mol. The van der Waals surface area contributed by atoms with Crippen molar-refractivity contribution in [3.8, 4) is 39.5 Å². The van der Waals surface area contributed by atoms with Crippen LogP contribution < -0.4 is 14.2 Å². The van der Waals surface area contributed by atoms with Gasteiger partial charge in [-0.15, -0.1) is 0 Å². The van der Waals surface area contributed by atoms with Gasteiger partial charge in [-0.3, -0.25) is 0 Å². The van der Waals surface area contributed by atoms with Crippen molar-refractivity contribution < 1.29 is 28.6 Å². The number of hydrogen-bond donors (Lipinski definition) is 0. The van der Waals surface area contributed by atoms with Gasteiger partial charge in [0.1, 0.15) is 17.2 Å². The molecule has 4 aromatic carbocycles. The van der Waals surface area contributed by atoms with E-state index in [0.29, 0.717) is 28.4 Å². The Morgan fingerprint density at radius 2 is 0.947 bits per heavy atom. The maximum atomic E-state index is 12.6. The van der Waals surface area contributed by atoms with E-state index in [0.717, 1.165) is 28.3 Å². The summed E-state index contributed by atoms with van der Waals surface area (Å²) >= 11 is 0. The molecule has 0 aromatic heterocycles. The van der Waals surface area contributed by atoms with E-state index in [9.17, 15) is 14.4 Å². The van der Waals surface area contributed by atoms with E-state index >= 15 is 0 Å². The lowest BCUT2D eigenvalue weighted by Crippen LogP contribution is -2.08. The Labute approximate surface area is 220 Å². The first-order valence-corrected chi connectivity index (χ1v) is 11.7. The molecule has 188 valence electrons. The molecule has 4 aromatic rings. The summed E-state index contributed by atoms with van der Waals surface area (Å²) in [5.41, 5.74) is 4.37. The van der Waals surface area contributed by atoms with Crippen LogP contribution in [-0.4, -0.2) is 17.9 Å². The van der Waals surface area contributed by atoms with Crippen LogP contribution in [0.15, 0.2) is 122 Å². The SMILES string of the molecule is C=CC(=O)Oc1ccc(-c2ccc(OC(=O)c3ccc(-c4ccc(OC(=O)C(=C)C)cc4)cc3)cc2)cc1. The summed E-state index contributed by atoms with van der Waals surface area (Å²) in [6.07, 6.45) is 1.11. The highest BCUT2D eigenvalue weighted by molar-refractivity contribution is 5.92. The second kappa shape index (κ2) is 11.7. The first-order chi connectivity index (χ1) is 18.3. The second-order valence-electron chi connectivity index (χ2n) is 8.34. The van der Waals surface area contributed by atoms with Gasteiger partial charge < -0.3 is 14.2 Å². The Kier molecular flexibility index (Phi) is 7.94. The van der Waals surface area contributed by atoms with Crippen molar-refractivity contribution in [3.05, 3.63) is 127 Å². The van der Waals surface area contributed by atoms with E-state index < -0.39 is 17.9 Å². The van der Waals surface area contributed by atoms with Crippen LogP contribution in [-0.2, 0) is 9.59 Å². The topological polar surface area (TPSA) is 78.9 Å². The van der Waals surface area contributed by atoms with Gasteiger partial charge in [-0.1, -0.05) is 61.7 Å². The van der Waals surface area contributed by atoms with Gasteiger partial charge in [0.25, 0.3) is 0 Å². The third kappa shape index (κ3) is 6.50. The molecular weight excluding hydrogens is 480 g/mol. The maximum Gasteiger partial charge on any atom is 0.343 e. The normalized spacial score (nSPS) is 10.2. The van der Waals surface area contributed by atoms with E-state index in [-0.39, 0.29) is 0 Å². The summed E-state index contributed by atoms with van der Waals surface area (Å²) in [7, 11) is 0. The molecule has 0 aliphatic rings. The molecule has 0 atom stereocenters. The van der Waals surface area contributed by atoms with Crippen molar-refractivity contribution in [2.75, 3.05) is 0 Å². The van der Waals surface area contributed by atoms with Gasteiger partial charge in [0.2, 0.25) is 0 Å². The van der Waals surface area contributed by atoms with Crippen LogP contribution in [0.5, 0.6) is 17.2 Å². The minimum absolute atomic E-state index is 0.326. The van der Waals surface area contributed by atoms with Crippen molar-refractivity contribution in [2.45, 2.75) is 6.92 Å². The third-order valence-electron chi connectivity index (χ3n) is 5.50. The van der Waals surface area contributed by atoms with Gasteiger partial charge in [0.15, 0.2) is 0 Å². The summed E-state index contributed by atoms with van der Waals surface area (Å²) in [6, 6.07) is 28.3. The molecule has 0 N–H and O–H groups in total. The molecule has 0 fully saturated rings. The van der Waals surface area contributed by atoms with Gasteiger partial charge in [0, 0.05) is 11.6 Å². The smallest absolute Gasteiger partial charge is 0.343 e. The van der Waals surface area contributed by atoms with E-state index in [1.165, 1.54) is 0 Å². The number of carbonyl (C=O) groups excluding carboxylic acids is 3. The molecule has 6 nitrogen and oxygen atoms in total. The standard InChI is InChI=1S/C32H24O6/c1-4-30(33)36-27-15-9-24(10-16-27)25-13-19-29(20-14-25)38-32(35)26-7-5-22(6-8-26)23-11-17-28(18-12-23)37-31(34)21(2)3/h4-20H,1-2H2,3H3. The average molecular weight is 505 g/mol. The van der Waals surface area contributed by atoms with Crippen LogP contribution in [0.4, 0.5) is 0 Å². The van der Waals surface area contributed by atoms with Gasteiger partial charge in [-0.2, -0.15) is 0 Å². The first kappa shape index (κ1) is 25.9.